The zero-order chi connectivity index (χ0) is 25.3. The van der Waals surface area contributed by atoms with Gasteiger partial charge in [-0.25, -0.2) is 0 Å². The lowest BCUT2D eigenvalue weighted by Crippen LogP contribution is -1.96. The van der Waals surface area contributed by atoms with Crippen molar-refractivity contribution in [3.8, 4) is 0 Å². The van der Waals surface area contributed by atoms with Gasteiger partial charge < -0.3 is 0 Å². The van der Waals surface area contributed by atoms with E-state index in [1.807, 2.05) is 0 Å². The molecule has 3 aromatic rings. The topological polar surface area (TPSA) is 125 Å². The maximum absolute atomic E-state index is 4.10. The smallest absolute Gasteiger partial charge is 0.0884 e. The number of H-pyrrole nitrogens is 3. The van der Waals surface area contributed by atoms with E-state index in [1.54, 1.807) is 0 Å². The second-order valence-electron chi connectivity index (χ2n) is 10.2. The molecule has 36 heavy (non-hydrogen) atoms. The van der Waals surface area contributed by atoms with Crippen molar-refractivity contribution in [1.29, 1.82) is 0 Å². The number of aromatic amines is 3. The molecule has 3 rings (SSSR count). The van der Waals surface area contributed by atoms with E-state index < -0.39 is 0 Å². The van der Waals surface area contributed by atoms with Crippen LogP contribution in [0.3, 0.4) is 0 Å². The second-order valence-corrected chi connectivity index (χ2v) is 10.2. The predicted octanol–water partition coefficient (Wildman–Crippen LogP) is 5.01. The summed E-state index contributed by atoms with van der Waals surface area (Å²) in [4.78, 5) is 0. The van der Waals surface area contributed by atoms with Gasteiger partial charge in [0.2, 0.25) is 0 Å². The van der Waals surface area contributed by atoms with Crippen LogP contribution in [-0.4, -0.2) is 71.5 Å². The summed E-state index contributed by atoms with van der Waals surface area (Å²) in [5.74, 6) is 2.78. The van der Waals surface area contributed by atoms with Gasteiger partial charge in [0.1, 0.15) is 0 Å². The molecule has 0 aromatic carbocycles. The fourth-order valence-electron chi connectivity index (χ4n) is 3.29. The summed E-state index contributed by atoms with van der Waals surface area (Å²) >= 11 is 0. The van der Waals surface area contributed by atoms with Crippen molar-refractivity contribution in [1.82, 2.24) is 46.2 Å². The molecule has 0 atom stereocenters. The fraction of sp³-hybridized carbons (Fsp3) is 0.750. The van der Waals surface area contributed by atoms with E-state index in [0.29, 0.717) is 35.5 Å². The molecule has 0 amide bonds. The van der Waals surface area contributed by atoms with Crippen LogP contribution in [0.5, 0.6) is 0 Å². The predicted molar refractivity (Wildman–Crippen MR) is 151 cm³/mol. The third-order valence-electron chi connectivity index (χ3n) is 5.09. The van der Waals surface area contributed by atoms with Crippen molar-refractivity contribution >= 4 is 25.2 Å². The van der Waals surface area contributed by atoms with Gasteiger partial charge in [0, 0.05) is 25.2 Å². The average molecular weight is 492 g/mol. The van der Waals surface area contributed by atoms with Crippen LogP contribution in [0, 0.1) is 0 Å². The minimum absolute atomic E-state index is 0. The number of hydrogen-bond acceptors (Lipinski definition) is 6. The monoisotopic (exact) mass is 492 g/mol. The minimum atomic E-state index is 0. The van der Waals surface area contributed by atoms with E-state index >= 15 is 0 Å². The Bertz CT molecular complexity index is 742. The molecule has 0 bridgehead atoms. The Labute approximate surface area is 224 Å². The SMILES string of the molecule is CC(C)c1n[nH]nc1C(C)C.CC(C)c1n[nH]nc1C(C)C.CC(C)c1n[nH]nc1C(C)C.[B].[B].[B]. The second kappa shape index (κ2) is 18.0. The molecule has 12 heteroatoms. The molecular weight excluding hydrogens is 447 g/mol. The van der Waals surface area contributed by atoms with Crippen molar-refractivity contribution in [2.45, 2.75) is 119 Å². The molecule has 9 radical (unpaired) electrons. The molecule has 3 heterocycles. The molecule has 0 fully saturated rings. The highest BCUT2D eigenvalue weighted by Crippen LogP contribution is 2.22. The van der Waals surface area contributed by atoms with Crippen LogP contribution in [0.1, 0.15) is 153 Å². The van der Waals surface area contributed by atoms with E-state index in [1.165, 1.54) is 0 Å². The van der Waals surface area contributed by atoms with E-state index in [4.69, 9.17) is 0 Å². The van der Waals surface area contributed by atoms with Crippen LogP contribution >= 0.6 is 0 Å². The summed E-state index contributed by atoms with van der Waals surface area (Å²) in [5, 5.41) is 32.6. The lowest BCUT2D eigenvalue weighted by Gasteiger charge is -2.04. The van der Waals surface area contributed by atoms with E-state index in [0.717, 1.165) is 34.2 Å². The summed E-state index contributed by atoms with van der Waals surface area (Å²) in [7, 11) is 0. The summed E-state index contributed by atoms with van der Waals surface area (Å²) in [6.07, 6.45) is 0. The van der Waals surface area contributed by atoms with Crippen molar-refractivity contribution in [2.24, 2.45) is 0 Å². The maximum Gasteiger partial charge on any atom is 0.0884 e. The van der Waals surface area contributed by atoms with Crippen molar-refractivity contribution < 1.29 is 0 Å². The van der Waals surface area contributed by atoms with Gasteiger partial charge in [-0.05, 0) is 35.5 Å². The lowest BCUT2D eigenvalue weighted by molar-refractivity contribution is 0.759. The van der Waals surface area contributed by atoms with E-state index in [2.05, 4.69) is 129 Å². The summed E-state index contributed by atoms with van der Waals surface area (Å²) in [6, 6.07) is 0. The minimum Gasteiger partial charge on any atom is -0.197 e. The normalized spacial score (nSPS) is 10.5. The van der Waals surface area contributed by atoms with Gasteiger partial charge >= 0.3 is 0 Å². The first-order valence-electron chi connectivity index (χ1n) is 12.1. The third-order valence-corrected chi connectivity index (χ3v) is 5.09. The highest BCUT2D eigenvalue weighted by Gasteiger charge is 2.15. The van der Waals surface area contributed by atoms with Gasteiger partial charge in [-0.15, -0.1) is 0 Å². The molecular formula is C24H45B3N9. The first kappa shape index (κ1) is 38.2. The average Bonchev–Trinajstić information content (AvgIpc) is 3.48. The van der Waals surface area contributed by atoms with Gasteiger partial charge in [-0.2, -0.15) is 46.2 Å². The molecule has 0 aliphatic carbocycles. The van der Waals surface area contributed by atoms with Gasteiger partial charge in [-0.1, -0.05) is 83.1 Å². The van der Waals surface area contributed by atoms with Crippen molar-refractivity contribution in [2.75, 3.05) is 0 Å². The molecule has 0 unspecified atom stereocenters. The highest BCUT2D eigenvalue weighted by atomic mass is 15.3. The Morgan fingerprint density at radius 3 is 0.500 bits per heavy atom. The van der Waals surface area contributed by atoms with Crippen LogP contribution in [-0.2, 0) is 0 Å². The third kappa shape index (κ3) is 11.1. The van der Waals surface area contributed by atoms with E-state index in [-0.39, 0.29) is 25.2 Å². The van der Waals surface area contributed by atoms with E-state index in [9.17, 15) is 0 Å². The quantitative estimate of drug-likeness (QED) is 0.416. The van der Waals surface area contributed by atoms with Gasteiger partial charge in [0.15, 0.2) is 0 Å². The summed E-state index contributed by atoms with van der Waals surface area (Å²) < 4.78 is 0. The van der Waals surface area contributed by atoms with Gasteiger partial charge in [0.25, 0.3) is 0 Å². The summed E-state index contributed by atoms with van der Waals surface area (Å²) in [6.45, 7) is 25.5. The molecule has 9 nitrogen and oxygen atoms in total. The van der Waals surface area contributed by atoms with Crippen LogP contribution in [0.15, 0.2) is 0 Å². The maximum atomic E-state index is 4.10. The largest absolute Gasteiger partial charge is 0.197 e. The van der Waals surface area contributed by atoms with Crippen LogP contribution in [0.4, 0.5) is 0 Å². The highest BCUT2D eigenvalue weighted by molar-refractivity contribution is 5.76. The van der Waals surface area contributed by atoms with Gasteiger partial charge in [0.05, 0.1) is 34.2 Å². The first-order valence-corrected chi connectivity index (χ1v) is 12.1. The molecule has 195 valence electrons. The molecule has 3 N–H and O–H groups in total. The van der Waals surface area contributed by atoms with Crippen LogP contribution in [0.25, 0.3) is 0 Å². The molecule has 0 aliphatic rings. The van der Waals surface area contributed by atoms with Crippen molar-refractivity contribution in [3.05, 3.63) is 34.2 Å². The lowest BCUT2D eigenvalue weighted by atomic mass is 10.0. The zero-order valence-corrected chi connectivity index (χ0v) is 24.4. The number of hydrogen-bond donors (Lipinski definition) is 3. The Balaban J connectivity index is -0.000000436. The standard InChI is InChI=1S/3C8H15N3.3B/c3*1-5(2)7-8(6(3)4)10-11-9-7;;;/h3*5-6H,1-4H3,(H,9,10,11);;;. The fourth-order valence-corrected chi connectivity index (χ4v) is 3.29. The zero-order valence-electron chi connectivity index (χ0n) is 24.4. The molecule has 0 spiro atoms. The number of aromatic nitrogens is 9. The number of rotatable bonds is 6. The number of nitrogens with zero attached hydrogens (tertiary/aromatic N) is 6. The Morgan fingerprint density at radius 1 is 0.306 bits per heavy atom. The van der Waals surface area contributed by atoms with Gasteiger partial charge in [-0.3, -0.25) is 0 Å². The molecule has 0 saturated heterocycles. The Hall–Kier alpha value is -2.39. The Kier molecular flexibility index (Phi) is 19.0. The van der Waals surface area contributed by atoms with Crippen LogP contribution < -0.4 is 0 Å². The van der Waals surface area contributed by atoms with Crippen molar-refractivity contribution in [3.63, 3.8) is 0 Å². The van der Waals surface area contributed by atoms with Crippen LogP contribution in [0.2, 0.25) is 0 Å². The molecule has 0 saturated carbocycles. The Morgan fingerprint density at radius 2 is 0.417 bits per heavy atom. The molecule has 0 aliphatic heterocycles. The first-order chi connectivity index (χ1) is 15.4. The summed E-state index contributed by atoms with van der Waals surface area (Å²) in [5.41, 5.74) is 6.58. The number of nitrogens with one attached hydrogen (secondary N) is 3. The molecule has 3 aromatic heterocycles.